The Labute approximate surface area is 193 Å². The second-order valence-corrected chi connectivity index (χ2v) is 22.9. The smallest absolute Gasteiger partial charge is 0.0616 e. The zero-order valence-electron chi connectivity index (χ0n) is 21.2. The van der Waals surface area contributed by atoms with Gasteiger partial charge in [-0.25, -0.2) is 0 Å². The molecular weight excluding hydrogens is 410 g/mol. The lowest BCUT2D eigenvalue weighted by Crippen LogP contribution is -2.48. The molecule has 2 aromatic carbocycles. The van der Waals surface area contributed by atoms with Crippen molar-refractivity contribution in [1.82, 2.24) is 4.90 Å². The summed E-state index contributed by atoms with van der Waals surface area (Å²) in [6.45, 7) is 19.9. The zero-order chi connectivity index (χ0) is 23.3. The average molecular weight is 456 g/mol. The lowest BCUT2D eigenvalue weighted by molar-refractivity contribution is 0.0228. The summed E-state index contributed by atoms with van der Waals surface area (Å²) in [6.07, 6.45) is 0.839. The molecule has 4 heteroatoms. The van der Waals surface area contributed by atoms with Crippen molar-refractivity contribution in [2.75, 3.05) is 0 Å². The lowest BCUT2D eigenvalue weighted by atomic mass is 9.95. The SMILES string of the molecule is C[C@H](CC(O)(C[Si](C)(C)C)C[Si](C)(C)C)N(Cc1ccccc1)[C@H](C)c1ccccc1. The summed E-state index contributed by atoms with van der Waals surface area (Å²) >= 11 is 0. The third kappa shape index (κ3) is 9.05. The number of hydrogen-bond donors (Lipinski definition) is 1. The molecule has 0 radical (unpaired) electrons. The summed E-state index contributed by atoms with van der Waals surface area (Å²) in [6, 6.07) is 24.1. The summed E-state index contributed by atoms with van der Waals surface area (Å²) in [5.74, 6) is 0. The van der Waals surface area contributed by atoms with E-state index in [-0.39, 0.29) is 6.04 Å². The first-order valence-corrected chi connectivity index (χ1v) is 19.3. The molecule has 0 spiro atoms. The van der Waals surface area contributed by atoms with Crippen LogP contribution >= 0.6 is 0 Å². The summed E-state index contributed by atoms with van der Waals surface area (Å²) in [5, 5.41) is 12.0. The Balaban J connectivity index is 2.33. The van der Waals surface area contributed by atoms with Gasteiger partial charge in [0.1, 0.15) is 0 Å². The molecule has 31 heavy (non-hydrogen) atoms. The molecule has 2 atom stereocenters. The number of aliphatic hydroxyl groups is 1. The molecule has 0 saturated heterocycles. The molecule has 2 aromatic rings. The molecular formula is C27H45NOSi2. The van der Waals surface area contributed by atoms with Crippen molar-refractivity contribution >= 4 is 16.1 Å². The van der Waals surface area contributed by atoms with Crippen LogP contribution in [0, 0.1) is 0 Å². The van der Waals surface area contributed by atoms with Crippen LogP contribution in [-0.2, 0) is 6.54 Å². The van der Waals surface area contributed by atoms with Gasteiger partial charge in [0.15, 0.2) is 0 Å². The van der Waals surface area contributed by atoms with E-state index in [1.165, 1.54) is 11.1 Å². The molecule has 1 N–H and O–H groups in total. The minimum atomic E-state index is -1.41. The van der Waals surface area contributed by atoms with Crippen LogP contribution in [0.2, 0.25) is 51.4 Å². The van der Waals surface area contributed by atoms with E-state index < -0.39 is 21.7 Å². The van der Waals surface area contributed by atoms with E-state index >= 15 is 0 Å². The second kappa shape index (κ2) is 10.6. The highest BCUT2D eigenvalue weighted by Gasteiger charge is 2.39. The van der Waals surface area contributed by atoms with E-state index in [1.54, 1.807) is 0 Å². The van der Waals surface area contributed by atoms with Gasteiger partial charge >= 0.3 is 0 Å². The van der Waals surface area contributed by atoms with Crippen molar-refractivity contribution < 1.29 is 5.11 Å². The highest BCUT2D eigenvalue weighted by atomic mass is 28.3. The van der Waals surface area contributed by atoms with Gasteiger partial charge in [0.25, 0.3) is 0 Å². The Morgan fingerprint density at radius 2 is 1.23 bits per heavy atom. The lowest BCUT2D eigenvalue weighted by Gasteiger charge is -2.43. The quantitative estimate of drug-likeness (QED) is 0.356. The predicted octanol–water partition coefficient (Wildman–Crippen LogP) is 7.44. The van der Waals surface area contributed by atoms with Gasteiger partial charge in [-0.1, -0.05) is 99.9 Å². The fraction of sp³-hybridized carbons (Fsp3) is 0.556. The third-order valence-corrected chi connectivity index (χ3v) is 9.39. The molecule has 0 aliphatic carbocycles. The first kappa shape index (κ1) is 26.0. The van der Waals surface area contributed by atoms with E-state index in [1.807, 2.05) is 0 Å². The van der Waals surface area contributed by atoms with E-state index in [9.17, 15) is 5.11 Å². The molecule has 0 aliphatic heterocycles. The van der Waals surface area contributed by atoms with E-state index in [2.05, 4.69) is 119 Å². The Morgan fingerprint density at radius 1 is 0.774 bits per heavy atom. The van der Waals surface area contributed by atoms with Gasteiger partial charge in [-0.3, -0.25) is 4.90 Å². The van der Waals surface area contributed by atoms with E-state index in [0.717, 1.165) is 25.1 Å². The van der Waals surface area contributed by atoms with Crippen LogP contribution in [0.3, 0.4) is 0 Å². The fourth-order valence-corrected chi connectivity index (χ4v) is 9.98. The largest absolute Gasteiger partial charge is 0.390 e. The Bertz CT molecular complexity index is 764. The van der Waals surface area contributed by atoms with Crippen LogP contribution in [0.15, 0.2) is 60.7 Å². The summed E-state index contributed by atoms with van der Waals surface area (Å²) in [5.41, 5.74) is 2.10. The second-order valence-electron chi connectivity index (χ2n) is 12.0. The summed E-state index contributed by atoms with van der Waals surface area (Å²) in [7, 11) is -2.81. The van der Waals surface area contributed by atoms with Gasteiger partial charge in [-0.05, 0) is 43.5 Å². The normalized spacial score (nSPS) is 15.2. The maximum Gasteiger partial charge on any atom is 0.0616 e. The first-order valence-electron chi connectivity index (χ1n) is 11.9. The zero-order valence-corrected chi connectivity index (χ0v) is 23.2. The molecule has 2 rings (SSSR count). The molecule has 0 amide bonds. The van der Waals surface area contributed by atoms with Gasteiger partial charge in [0.05, 0.1) is 5.60 Å². The average Bonchev–Trinajstić information content (AvgIpc) is 2.63. The Kier molecular flexibility index (Phi) is 8.91. The van der Waals surface area contributed by atoms with Crippen LogP contribution in [0.5, 0.6) is 0 Å². The Morgan fingerprint density at radius 3 is 1.68 bits per heavy atom. The van der Waals surface area contributed by atoms with Gasteiger partial charge in [0.2, 0.25) is 0 Å². The molecule has 0 heterocycles. The van der Waals surface area contributed by atoms with Crippen LogP contribution < -0.4 is 0 Å². The molecule has 0 aromatic heterocycles. The molecule has 172 valence electrons. The van der Waals surface area contributed by atoms with Gasteiger partial charge in [0, 0.05) is 34.8 Å². The maximum atomic E-state index is 12.0. The van der Waals surface area contributed by atoms with Crippen LogP contribution in [0.25, 0.3) is 0 Å². The molecule has 0 saturated carbocycles. The molecule has 2 nitrogen and oxygen atoms in total. The number of benzene rings is 2. The summed E-state index contributed by atoms with van der Waals surface area (Å²) < 4.78 is 0. The Hall–Kier alpha value is -1.21. The fourth-order valence-electron chi connectivity index (χ4n) is 5.24. The standard InChI is InChI=1S/C27H45NOSi2/c1-23(19-27(29,21-30(3,4)5)22-31(6,7)8)28(20-25-15-11-9-12-16-25)24(2)26-17-13-10-14-18-26/h9-18,23-24,29H,19-22H2,1-8H3/t23-,24-/m1/s1. The van der Waals surface area contributed by atoms with Gasteiger partial charge in [-0.15, -0.1) is 0 Å². The highest BCUT2D eigenvalue weighted by molar-refractivity contribution is 6.78. The monoisotopic (exact) mass is 455 g/mol. The number of nitrogens with zero attached hydrogens (tertiary/aromatic N) is 1. The van der Waals surface area contributed by atoms with Crippen molar-refractivity contribution in [2.24, 2.45) is 0 Å². The summed E-state index contributed by atoms with van der Waals surface area (Å²) in [4.78, 5) is 2.59. The third-order valence-electron chi connectivity index (χ3n) is 5.95. The minimum absolute atomic E-state index is 0.285. The van der Waals surface area contributed by atoms with Gasteiger partial charge < -0.3 is 5.11 Å². The predicted molar refractivity (Wildman–Crippen MR) is 142 cm³/mol. The van der Waals surface area contributed by atoms with Crippen molar-refractivity contribution in [3.05, 3.63) is 71.8 Å². The van der Waals surface area contributed by atoms with E-state index in [0.29, 0.717) is 6.04 Å². The molecule has 0 unspecified atom stereocenters. The maximum absolute atomic E-state index is 12.0. The van der Waals surface area contributed by atoms with E-state index in [4.69, 9.17) is 0 Å². The number of rotatable bonds is 11. The van der Waals surface area contributed by atoms with Gasteiger partial charge in [-0.2, -0.15) is 0 Å². The van der Waals surface area contributed by atoms with Crippen molar-refractivity contribution in [3.8, 4) is 0 Å². The molecule has 0 fully saturated rings. The highest BCUT2D eigenvalue weighted by Crippen LogP contribution is 2.36. The number of hydrogen-bond acceptors (Lipinski definition) is 2. The van der Waals surface area contributed by atoms with Crippen molar-refractivity contribution in [2.45, 2.75) is 95.9 Å². The first-order chi connectivity index (χ1) is 14.3. The molecule has 0 aliphatic rings. The molecule has 0 bridgehead atoms. The van der Waals surface area contributed by atoms with Crippen molar-refractivity contribution in [3.63, 3.8) is 0 Å². The minimum Gasteiger partial charge on any atom is -0.390 e. The topological polar surface area (TPSA) is 23.5 Å². The van der Waals surface area contributed by atoms with Crippen molar-refractivity contribution in [1.29, 1.82) is 0 Å². The van der Waals surface area contributed by atoms with Crippen LogP contribution in [-0.4, -0.2) is 37.8 Å². The van der Waals surface area contributed by atoms with Crippen LogP contribution in [0.1, 0.15) is 37.4 Å². The van der Waals surface area contributed by atoms with Crippen LogP contribution in [0.4, 0.5) is 0 Å².